The molecule has 1 saturated heterocycles. The second-order valence-corrected chi connectivity index (χ2v) is 6.62. The van der Waals surface area contributed by atoms with Crippen molar-refractivity contribution in [1.29, 1.82) is 0 Å². The van der Waals surface area contributed by atoms with Crippen LogP contribution in [-0.2, 0) is 10.2 Å². The van der Waals surface area contributed by atoms with Crippen molar-refractivity contribution in [1.82, 2.24) is 10.2 Å². The molecule has 0 unspecified atom stereocenters. The molecule has 3 rings (SSSR count). The lowest BCUT2D eigenvalue weighted by Gasteiger charge is -2.47. The highest BCUT2D eigenvalue weighted by atomic mass is 16.2. The zero-order chi connectivity index (χ0) is 14.5. The smallest absolute Gasteiger partial charge is 0.317 e. The molecule has 0 atom stereocenters. The van der Waals surface area contributed by atoms with Gasteiger partial charge in [0.15, 0.2) is 0 Å². The van der Waals surface area contributed by atoms with Crippen LogP contribution in [0.1, 0.15) is 26.3 Å². The summed E-state index contributed by atoms with van der Waals surface area (Å²) in [6.45, 7) is 6.71. The molecule has 2 aliphatic heterocycles. The van der Waals surface area contributed by atoms with E-state index in [4.69, 9.17) is 0 Å². The predicted octanol–water partition coefficient (Wildman–Crippen LogP) is 1.70. The van der Waals surface area contributed by atoms with Gasteiger partial charge in [-0.2, -0.15) is 0 Å². The Morgan fingerprint density at radius 2 is 1.95 bits per heavy atom. The Balaban J connectivity index is 1.77. The van der Waals surface area contributed by atoms with Gasteiger partial charge in [0.1, 0.15) is 5.41 Å². The highest BCUT2D eigenvalue weighted by molar-refractivity contribution is 6.08. The maximum atomic E-state index is 12.2. The molecule has 0 aliphatic carbocycles. The number of anilines is 1. The Bertz CT molecular complexity index is 583. The Morgan fingerprint density at radius 1 is 1.30 bits per heavy atom. The molecule has 0 aromatic heterocycles. The summed E-state index contributed by atoms with van der Waals surface area (Å²) < 4.78 is 0. The summed E-state index contributed by atoms with van der Waals surface area (Å²) in [5.41, 5.74) is 1.06. The molecule has 0 saturated carbocycles. The van der Waals surface area contributed by atoms with Gasteiger partial charge >= 0.3 is 6.03 Å². The Morgan fingerprint density at radius 3 is 2.60 bits per heavy atom. The lowest BCUT2D eigenvalue weighted by atomic mass is 9.75. The lowest BCUT2D eigenvalue weighted by molar-refractivity contribution is -0.125. The number of hydrogen-bond donors (Lipinski definition) is 2. The standard InChI is InChI=1S/C15H19N3O2/c1-14(2,3)17-13(20)18-8-15(9-18)10-6-4-5-7-11(10)16-12(15)19/h4-7H,8-9H2,1-3H3,(H,16,19)(H,17,20). The molecule has 2 aliphatic rings. The quantitative estimate of drug-likeness (QED) is 0.756. The van der Waals surface area contributed by atoms with E-state index in [1.165, 1.54) is 0 Å². The number of urea groups is 1. The highest BCUT2D eigenvalue weighted by Gasteiger charge is 2.56. The van der Waals surface area contributed by atoms with Gasteiger partial charge in [-0.3, -0.25) is 4.79 Å². The van der Waals surface area contributed by atoms with Gasteiger partial charge in [0.05, 0.1) is 0 Å². The molecule has 1 fully saturated rings. The van der Waals surface area contributed by atoms with E-state index in [-0.39, 0.29) is 17.5 Å². The molecule has 0 radical (unpaired) electrons. The molecule has 1 aromatic rings. The van der Waals surface area contributed by atoms with E-state index in [1.807, 2.05) is 45.0 Å². The van der Waals surface area contributed by atoms with Crippen molar-refractivity contribution in [2.75, 3.05) is 18.4 Å². The monoisotopic (exact) mass is 273 g/mol. The first kappa shape index (κ1) is 13.0. The third-order valence-electron chi connectivity index (χ3n) is 3.82. The molecule has 2 N–H and O–H groups in total. The van der Waals surface area contributed by atoms with Crippen molar-refractivity contribution >= 4 is 17.6 Å². The number of nitrogens with zero attached hydrogens (tertiary/aromatic N) is 1. The average molecular weight is 273 g/mol. The minimum Gasteiger partial charge on any atom is -0.333 e. The summed E-state index contributed by atoms with van der Waals surface area (Å²) in [6, 6.07) is 7.59. The number of hydrogen-bond acceptors (Lipinski definition) is 2. The fourth-order valence-electron chi connectivity index (χ4n) is 2.84. The number of nitrogens with one attached hydrogen (secondary N) is 2. The van der Waals surface area contributed by atoms with Gasteiger partial charge in [0.25, 0.3) is 0 Å². The zero-order valence-corrected chi connectivity index (χ0v) is 12.0. The summed E-state index contributed by atoms with van der Waals surface area (Å²) in [5, 5.41) is 5.82. The molecular weight excluding hydrogens is 254 g/mol. The van der Waals surface area contributed by atoms with Crippen LogP contribution in [-0.4, -0.2) is 35.5 Å². The van der Waals surface area contributed by atoms with Crippen LogP contribution >= 0.6 is 0 Å². The van der Waals surface area contributed by atoms with Gasteiger partial charge in [0.2, 0.25) is 5.91 Å². The summed E-state index contributed by atoms with van der Waals surface area (Å²) in [5.74, 6) is -0.00138. The summed E-state index contributed by atoms with van der Waals surface area (Å²) in [7, 11) is 0. The van der Waals surface area contributed by atoms with Crippen molar-refractivity contribution in [3.63, 3.8) is 0 Å². The van der Waals surface area contributed by atoms with Gasteiger partial charge in [-0.1, -0.05) is 18.2 Å². The van der Waals surface area contributed by atoms with Crippen LogP contribution in [0.5, 0.6) is 0 Å². The number of fused-ring (bicyclic) bond motifs is 2. The van der Waals surface area contributed by atoms with Crippen LogP contribution < -0.4 is 10.6 Å². The number of rotatable bonds is 0. The number of benzene rings is 1. The van der Waals surface area contributed by atoms with Gasteiger partial charge < -0.3 is 15.5 Å². The molecule has 1 spiro atoms. The second-order valence-electron chi connectivity index (χ2n) is 6.62. The van der Waals surface area contributed by atoms with Crippen LogP contribution in [0.3, 0.4) is 0 Å². The van der Waals surface area contributed by atoms with Gasteiger partial charge in [-0.05, 0) is 32.4 Å². The normalized spacial score (nSPS) is 19.4. The van der Waals surface area contributed by atoms with E-state index in [0.717, 1.165) is 11.3 Å². The largest absolute Gasteiger partial charge is 0.333 e. The predicted molar refractivity (Wildman–Crippen MR) is 76.6 cm³/mol. The highest BCUT2D eigenvalue weighted by Crippen LogP contribution is 2.44. The van der Waals surface area contributed by atoms with E-state index in [0.29, 0.717) is 13.1 Å². The molecule has 5 nitrogen and oxygen atoms in total. The first-order chi connectivity index (χ1) is 9.32. The van der Waals surface area contributed by atoms with Crippen molar-refractivity contribution < 1.29 is 9.59 Å². The number of carbonyl (C=O) groups is 2. The Labute approximate surface area is 118 Å². The topological polar surface area (TPSA) is 61.4 Å². The van der Waals surface area contributed by atoms with Crippen molar-refractivity contribution in [2.24, 2.45) is 0 Å². The first-order valence-corrected chi connectivity index (χ1v) is 6.80. The number of carbonyl (C=O) groups excluding carboxylic acids is 2. The maximum absolute atomic E-state index is 12.2. The van der Waals surface area contributed by atoms with Crippen molar-refractivity contribution in [3.8, 4) is 0 Å². The molecule has 106 valence electrons. The molecular formula is C15H19N3O2. The SMILES string of the molecule is CC(C)(C)NC(=O)N1CC2(C1)C(=O)Nc1ccccc12. The average Bonchev–Trinajstić information content (AvgIpc) is 2.56. The van der Waals surface area contributed by atoms with E-state index < -0.39 is 5.41 Å². The molecule has 1 aromatic carbocycles. The zero-order valence-electron chi connectivity index (χ0n) is 12.0. The molecule has 3 amide bonds. The van der Waals surface area contributed by atoms with Crippen LogP contribution in [0, 0.1) is 0 Å². The molecule has 20 heavy (non-hydrogen) atoms. The minimum absolute atomic E-state index is 0.00138. The third-order valence-corrected chi connectivity index (χ3v) is 3.82. The fraction of sp³-hybridized carbons (Fsp3) is 0.467. The van der Waals surface area contributed by atoms with E-state index >= 15 is 0 Å². The van der Waals surface area contributed by atoms with Gasteiger partial charge in [-0.15, -0.1) is 0 Å². The van der Waals surface area contributed by atoms with Crippen LogP contribution in [0.2, 0.25) is 0 Å². The number of para-hydroxylation sites is 1. The summed E-state index contributed by atoms with van der Waals surface area (Å²) in [4.78, 5) is 26.0. The second kappa shape index (κ2) is 3.98. The lowest BCUT2D eigenvalue weighted by Crippen LogP contribution is -2.67. The molecule has 2 heterocycles. The minimum atomic E-state index is -0.550. The third kappa shape index (κ3) is 1.85. The van der Waals surface area contributed by atoms with Crippen LogP contribution in [0.15, 0.2) is 24.3 Å². The van der Waals surface area contributed by atoms with Gasteiger partial charge in [0, 0.05) is 24.3 Å². The van der Waals surface area contributed by atoms with Gasteiger partial charge in [-0.25, -0.2) is 4.79 Å². The number of amides is 3. The Kier molecular flexibility index (Phi) is 2.58. The van der Waals surface area contributed by atoms with E-state index in [9.17, 15) is 9.59 Å². The summed E-state index contributed by atoms with van der Waals surface area (Å²) >= 11 is 0. The van der Waals surface area contributed by atoms with E-state index in [1.54, 1.807) is 4.90 Å². The van der Waals surface area contributed by atoms with Crippen LogP contribution in [0.25, 0.3) is 0 Å². The maximum Gasteiger partial charge on any atom is 0.317 e. The molecule has 0 bridgehead atoms. The van der Waals surface area contributed by atoms with Crippen LogP contribution in [0.4, 0.5) is 10.5 Å². The number of likely N-dealkylation sites (tertiary alicyclic amines) is 1. The van der Waals surface area contributed by atoms with Crippen molar-refractivity contribution in [2.45, 2.75) is 31.7 Å². The molecule has 5 heteroatoms. The fourth-order valence-corrected chi connectivity index (χ4v) is 2.84. The van der Waals surface area contributed by atoms with Crippen molar-refractivity contribution in [3.05, 3.63) is 29.8 Å². The Hall–Kier alpha value is -2.04. The summed E-state index contributed by atoms with van der Waals surface area (Å²) in [6.07, 6.45) is 0. The first-order valence-electron chi connectivity index (χ1n) is 6.80. The van der Waals surface area contributed by atoms with E-state index in [2.05, 4.69) is 10.6 Å².